The molecule has 70 valence electrons. The third-order valence-corrected chi connectivity index (χ3v) is 2.46. The van der Waals surface area contributed by atoms with Gasteiger partial charge in [0.1, 0.15) is 11.5 Å². The van der Waals surface area contributed by atoms with Gasteiger partial charge in [0.05, 0.1) is 0 Å². The molecular formula is C9H13N3O. The molecule has 0 aliphatic carbocycles. The average molecular weight is 179 g/mol. The van der Waals surface area contributed by atoms with Crippen LogP contribution in [0.5, 0.6) is 0 Å². The molecule has 0 saturated heterocycles. The number of rotatable bonds is 0. The number of hydrogen-bond donors (Lipinski definition) is 0. The summed E-state index contributed by atoms with van der Waals surface area (Å²) < 4.78 is 1.77. The van der Waals surface area contributed by atoms with E-state index in [9.17, 15) is 4.79 Å². The fraction of sp³-hybridized carbons (Fsp3) is 0.667. The van der Waals surface area contributed by atoms with Crippen molar-refractivity contribution in [2.75, 3.05) is 0 Å². The van der Waals surface area contributed by atoms with Crippen LogP contribution in [0.4, 0.5) is 0 Å². The van der Waals surface area contributed by atoms with Crippen LogP contribution in [0.2, 0.25) is 0 Å². The standard InChI is InChI=1S/C9H13N3O/c1-7-9(13)12-6-4-2-3-5-8(12)11-10-7/h2-6H2,1H3. The largest absolute Gasteiger partial charge is 0.294 e. The molecule has 4 nitrogen and oxygen atoms in total. The Morgan fingerprint density at radius 3 is 2.92 bits per heavy atom. The first-order valence-electron chi connectivity index (χ1n) is 4.72. The summed E-state index contributed by atoms with van der Waals surface area (Å²) in [6.45, 7) is 2.53. The van der Waals surface area contributed by atoms with E-state index in [0.717, 1.165) is 31.6 Å². The minimum Gasteiger partial charge on any atom is -0.294 e. The van der Waals surface area contributed by atoms with Crippen molar-refractivity contribution in [1.29, 1.82) is 0 Å². The van der Waals surface area contributed by atoms with E-state index < -0.39 is 0 Å². The Labute approximate surface area is 76.6 Å². The van der Waals surface area contributed by atoms with Crippen molar-refractivity contribution >= 4 is 0 Å². The lowest BCUT2D eigenvalue weighted by Crippen LogP contribution is -2.27. The zero-order valence-electron chi connectivity index (χ0n) is 7.79. The van der Waals surface area contributed by atoms with E-state index >= 15 is 0 Å². The fourth-order valence-corrected chi connectivity index (χ4v) is 1.69. The second-order valence-corrected chi connectivity index (χ2v) is 3.47. The van der Waals surface area contributed by atoms with Crippen LogP contribution in [0, 0.1) is 6.92 Å². The number of hydrogen-bond acceptors (Lipinski definition) is 3. The Balaban J connectivity index is 2.54. The zero-order valence-corrected chi connectivity index (χ0v) is 7.79. The minimum absolute atomic E-state index is 0.0342. The predicted molar refractivity (Wildman–Crippen MR) is 48.6 cm³/mol. The Kier molecular flexibility index (Phi) is 2.12. The van der Waals surface area contributed by atoms with Crippen LogP contribution in [0.15, 0.2) is 4.79 Å². The van der Waals surface area contributed by atoms with Crippen LogP contribution in [-0.4, -0.2) is 14.8 Å². The normalized spacial score (nSPS) is 16.4. The Hall–Kier alpha value is -1.19. The molecule has 0 fully saturated rings. The maximum Gasteiger partial charge on any atom is 0.275 e. The molecule has 0 spiro atoms. The summed E-state index contributed by atoms with van der Waals surface area (Å²) in [5.74, 6) is 0.855. The molecule has 1 aromatic heterocycles. The van der Waals surface area contributed by atoms with Gasteiger partial charge in [0.15, 0.2) is 0 Å². The van der Waals surface area contributed by atoms with Gasteiger partial charge in [0.2, 0.25) is 0 Å². The Morgan fingerprint density at radius 1 is 1.23 bits per heavy atom. The molecule has 1 aromatic rings. The molecule has 0 bridgehead atoms. The van der Waals surface area contributed by atoms with Gasteiger partial charge in [-0.05, 0) is 19.8 Å². The highest BCUT2D eigenvalue weighted by atomic mass is 16.1. The van der Waals surface area contributed by atoms with Gasteiger partial charge in [-0.15, -0.1) is 10.2 Å². The van der Waals surface area contributed by atoms with E-state index in [1.54, 1.807) is 11.5 Å². The average Bonchev–Trinajstić information content (AvgIpc) is 2.36. The number of nitrogens with zero attached hydrogens (tertiary/aromatic N) is 3. The number of fused-ring (bicyclic) bond motifs is 1. The van der Waals surface area contributed by atoms with Crippen molar-refractivity contribution in [3.05, 3.63) is 21.9 Å². The summed E-state index contributed by atoms with van der Waals surface area (Å²) in [6.07, 6.45) is 4.28. The summed E-state index contributed by atoms with van der Waals surface area (Å²) in [4.78, 5) is 11.6. The van der Waals surface area contributed by atoms with E-state index in [0.29, 0.717) is 5.69 Å². The zero-order chi connectivity index (χ0) is 9.26. The van der Waals surface area contributed by atoms with Crippen molar-refractivity contribution < 1.29 is 0 Å². The second kappa shape index (κ2) is 3.28. The third kappa shape index (κ3) is 1.48. The minimum atomic E-state index is 0.0342. The highest BCUT2D eigenvalue weighted by molar-refractivity contribution is 4.97. The van der Waals surface area contributed by atoms with Gasteiger partial charge >= 0.3 is 0 Å². The third-order valence-electron chi connectivity index (χ3n) is 2.46. The van der Waals surface area contributed by atoms with Gasteiger partial charge in [0.25, 0.3) is 5.56 Å². The van der Waals surface area contributed by atoms with E-state index in [2.05, 4.69) is 10.2 Å². The first kappa shape index (κ1) is 8.41. The van der Waals surface area contributed by atoms with Crippen LogP contribution in [0.25, 0.3) is 0 Å². The second-order valence-electron chi connectivity index (χ2n) is 3.47. The van der Waals surface area contributed by atoms with Gasteiger partial charge < -0.3 is 0 Å². The van der Waals surface area contributed by atoms with Crippen molar-refractivity contribution in [1.82, 2.24) is 14.8 Å². The molecule has 0 unspecified atom stereocenters. The smallest absolute Gasteiger partial charge is 0.275 e. The molecule has 0 aromatic carbocycles. The molecule has 0 atom stereocenters. The molecular weight excluding hydrogens is 166 g/mol. The highest BCUT2D eigenvalue weighted by Gasteiger charge is 2.11. The fourth-order valence-electron chi connectivity index (χ4n) is 1.69. The molecule has 1 aliphatic heterocycles. The van der Waals surface area contributed by atoms with E-state index in [1.807, 2.05) is 0 Å². The lowest BCUT2D eigenvalue weighted by atomic mass is 10.2. The molecule has 0 radical (unpaired) electrons. The highest BCUT2D eigenvalue weighted by Crippen LogP contribution is 2.09. The molecule has 0 N–H and O–H groups in total. The summed E-state index contributed by atoms with van der Waals surface area (Å²) in [6, 6.07) is 0. The Bertz CT molecular complexity index is 370. The predicted octanol–water partition coefficient (Wildman–Crippen LogP) is 0.673. The lowest BCUT2D eigenvalue weighted by molar-refractivity contribution is 0.590. The van der Waals surface area contributed by atoms with Crippen LogP contribution >= 0.6 is 0 Å². The SMILES string of the molecule is Cc1nnc2n(c1=O)CCCCC2. The first-order valence-corrected chi connectivity index (χ1v) is 4.72. The van der Waals surface area contributed by atoms with Gasteiger partial charge in [-0.1, -0.05) is 6.42 Å². The van der Waals surface area contributed by atoms with Crippen LogP contribution in [0.1, 0.15) is 30.8 Å². The van der Waals surface area contributed by atoms with Gasteiger partial charge in [0, 0.05) is 13.0 Å². The first-order chi connectivity index (χ1) is 6.29. The van der Waals surface area contributed by atoms with Crippen LogP contribution < -0.4 is 5.56 Å². The topological polar surface area (TPSA) is 47.8 Å². The summed E-state index contributed by atoms with van der Waals surface area (Å²) in [7, 11) is 0. The van der Waals surface area contributed by atoms with E-state index in [-0.39, 0.29) is 5.56 Å². The van der Waals surface area contributed by atoms with Crippen molar-refractivity contribution in [2.45, 2.75) is 39.2 Å². The van der Waals surface area contributed by atoms with Crippen LogP contribution in [-0.2, 0) is 13.0 Å². The van der Waals surface area contributed by atoms with Crippen molar-refractivity contribution in [3.63, 3.8) is 0 Å². The molecule has 13 heavy (non-hydrogen) atoms. The maximum absolute atomic E-state index is 11.6. The summed E-state index contributed by atoms with van der Waals surface area (Å²) >= 11 is 0. The molecule has 0 amide bonds. The van der Waals surface area contributed by atoms with E-state index in [4.69, 9.17) is 0 Å². The van der Waals surface area contributed by atoms with Gasteiger partial charge in [-0.3, -0.25) is 9.36 Å². The lowest BCUT2D eigenvalue weighted by Gasteiger charge is -2.06. The van der Waals surface area contributed by atoms with Gasteiger partial charge in [-0.25, -0.2) is 0 Å². The molecule has 1 aliphatic rings. The summed E-state index contributed by atoms with van der Waals surface area (Å²) in [5.41, 5.74) is 0.539. The van der Waals surface area contributed by atoms with Crippen molar-refractivity contribution in [3.8, 4) is 0 Å². The van der Waals surface area contributed by atoms with Gasteiger partial charge in [-0.2, -0.15) is 0 Å². The quantitative estimate of drug-likeness (QED) is 0.588. The monoisotopic (exact) mass is 179 g/mol. The van der Waals surface area contributed by atoms with E-state index in [1.165, 1.54) is 6.42 Å². The summed E-state index contributed by atoms with van der Waals surface area (Å²) in [5, 5.41) is 7.90. The number of aromatic nitrogens is 3. The van der Waals surface area contributed by atoms with Crippen LogP contribution in [0.3, 0.4) is 0 Å². The Morgan fingerprint density at radius 2 is 2.08 bits per heavy atom. The molecule has 4 heteroatoms. The van der Waals surface area contributed by atoms with Crippen molar-refractivity contribution in [2.24, 2.45) is 0 Å². The molecule has 2 heterocycles. The molecule has 2 rings (SSSR count). The molecule has 0 saturated carbocycles. The maximum atomic E-state index is 11.6. The number of aryl methyl sites for hydroxylation is 2.